The molecular weight excluding hydrogens is 263 g/mol. The lowest BCUT2D eigenvalue weighted by Gasteiger charge is -1.95. The van der Waals surface area contributed by atoms with Gasteiger partial charge in [0, 0.05) is 13.2 Å². The fourth-order valence-corrected chi connectivity index (χ4v) is 1.22. The Labute approximate surface area is 76.2 Å². The first kappa shape index (κ1) is 7.93. The van der Waals surface area contributed by atoms with Crippen LogP contribution in [0.25, 0.3) is 0 Å². The second kappa shape index (κ2) is 2.83. The fraction of sp³-hybridized carbons (Fsp3) is 0.200. The van der Waals surface area contributed by atoms with Gasteiger partial charge in [0.2, 0.25) is 0 Å². The van der Waals surface area contributed by atoms with Crippen molar-refractivity contribution in [3.8, 4) is 0 Å². The number of nitrogens with one attached hydrogen (secondary N) is 1. The normalized spacial score (nSPS) is 9.80. The summed E-state index contributed by atoms with van der Waals surface area (Å²) in [6, 6.07) is 0. The summed E-state index contributed by atoms with van der Waals surface area (Å²) in [5.74, 6) is 0. The van der Waals surface area contributed by atoms with Crippen LogP contribution in [0.5, 0.6) is 0 Å². The minimum atomic E-state index is -0.176. The first-order valence-electron chi connectivity index (χ1n) is 2.56. The van der Waals surface area contributed by atoms with E-state index in [0.717, 1.165) is 3.57 Å². The summed E-state index contributed by atoms with van der Waals surface area (Å²) in [5, 5.41) is 0. The minimum Gasteiger partial charge on any atom is -0.303 e. The van der Waals surface area contributed by atoms with E-state index >= 15 is 0 Å². The third-order valence-electron chi connectivity index (χ3n) is 1.06. The van der Waals surface area contributed by atoms with E-state index in [9.17, 15) is 4.79 Å². The molecule has 0 saturated carbocycles. The number of hydrogen-bond acceptors (Lipinski definition) is 2. The van der Waals surface area contributed by atoms with E-state index in [1.165, 1.54) is 4.57 Å². The fourth-order valence-electron chi connectivity index (χ4n) is 0.532. The third-order valence-corrected chi connectivity index (χ3v) is 2.57. The zero-order valence-corrected chi connectivity index (χ0v) is 8.19. The van der Waals surface area contributed by atoms with Crippen molar-refractivity contribution in [2.24, 2.45) is 7.05 Å². The molecule has 3 nitrogen and oxygen atoms in total. The van der Waals surface area contributed by atoms with Crippen LogP contribution >= 0.6 is 34.8 Å². The van der Waals surface area contributed by atoms with Gasteiger partial charge in [0.15, 0.2) is 0 Å². The van der Waals surface area contributed by atoms with Crippen molar-refractivity contribution in [1.82, 2.24) is 9.55 Å². The van der Waals surface area contributed by atoms with Crippen LogP contribution in [0.3, 0.4) is 0 Å². The van der Waals surface area contributed by atoms with E-state index in [-0.39, 0.29) is 5.69 Å². The smallest absolute Gasteiger partial charge is 0.303 e. The van der Waals surface area contributed by atoms with Gasteiger partial charge in [-0.2, -0.15) is 0 Å². The van der Waals surface area contributed by atoms with E-state index < -0.39 is 0 Å². The molecule has 1 aromatic heterocycles. The average Bonchev–Trinajstić information content (AvgIpc) is 1.84. The van der Waals surface area contributed by atoms with E-state index in [1.807, 2.05) is 0 Å². The van der Waals surface area contributed by atoms with Gasteiger partial charge in [-0.1, -0.05) is 12.2 Å². The molecule has 1 heterocycles. The number of hydrogen-bond donors (Lipinski definition) is 1. The Hall–Kier alpha value is -0.170. The predicted octanol–water partition coefficient (Wildman–Crippen LogP) is 1.05. The van der Waals surface area contributed by atoms with Crippen LogP contribution in [0.4, 0.5) is 0 Å². The van der Waals surface area contributed by atoms with Crippen molar-refractivity contribution in [3.63, 3.8) is 0 Å². The van der Waals surface area contributed by atoms with Gasteiger partial charge >= 0.3 is 5.69 Å². The standard InChI is InChI=1S/C5H5IN2OS/c1-8-2-3(6)4(10)7-5(8)9/h2H,1H3,(H,7,9,10). The molecule has 0 unspecified atom stereocenters. The van der Waals surface area contributed by atoms with E-state index in [1.54, 1.807) is 13.2 Å². The Kier molecular flexibility index (Phi) is 2.24. The molecule has 0 amide bonds. The largest absolute Gasteiger partial charge is 0.326 e. The van der Waals surface area contributed by atoms with Crippen molar-refractivity contribution >= 4 is 34.8 Å². The molecule has 1 N–H and O–H groups in total. The Morgan fingerprint density at radius 2 is 2.40 bits per heavy atom. The van der Waals surface area contributed by atoms with Gasteiger partial charge in [0.25, 0.3) is 0 Å². The zero-order valence-electron chi connectivity index (χ0n) is 5.22. The molecule has 0 atom stereocenters. The lowest BCUT2D eigenvalue weighted by molar-refractivity contribution is 0.799. The van der Waals surface area contributed by atoms with Crippen molar-refractivity contribution < 1.29 is 0 Å². The number of aryl methyl sites for hydroxylation is 1. The molecule has 0 fully saturated rings. The van der Waals surface area contributed by atoms with Gasteiger partial charge in [-0.05, 0) is 22.6 Å². The van der Waals surface area contributed by atoms with Crippen LogP contribution < -0.4 is 5.69 Å². The monoisotopic (exact) mass is 268 g/mol. The van der Waals surface area contributed by atoms with Crippen LogP contribution in [0.15, 0.2) is 11.0 Å². The summed E-state index contributed by atoms with van der Waals surface area (Å²) in [6.45, 7) is 0. The lowest BCUT2D eigenvalue weighted by Crippen LogP contribution is -2.19. The van der Waals surface area contributed by atoms with Gasteiger partial charge in [0.1, 0.15) is 4.64 Å². The summed E-state index contributed by atoms with van der Waals surface area (Å²) >= 11 is 6.90. The van der Waals surface area contributed by atoms with Gasteiger partial charge in [-0.3, -0.25) is 4.98 Å². The topological polar surface area (TPSA) is 37.8 Å². The highest BCUT2D eigenvalue weighted by Gasteiger charge is 1.92. The molecule has 0 aliphatic heterocycles. The Morgan fingerprint density at radius 1 is 1.80 bits per heavy atom. The quantitative estimate of drug-likeness (QED) is 0.564. The predicted molar refractivity (Wildman–Crippen MR) is 49.6 cm³/mol. The number of halogens is 1. The molecule has 10 heavy (non-hydrogen) atoms. The number of aromatic nitrogens is 2. The van der Waals surface area contributed by atoms with Gasteiger partial charge in [-0.15, -0.1) is 0 Å². The number of H-pyrrole nitrogens is 1. The maximum absolute atomic E-state index is 10.8. The zero-order chi connectivity index (χ0) is 7.72. The number of aromatic amines is 1. The summed E-state index contributed by atoms with van der Waals surface area (Å²) in [7, 11) is 1.68. The van der Waals surface area contributed by atoms with E-state index in [2.05, 4.69) is 27.6 Å². The van der Waals surface area contributed by atoms with E-state index in [0.29, 0.717) is 4.64 Å². The molecular formula is C5H5IN2OS. The van der Waals surface area contributed by atoms with Crippen LogP contribution in [-0.4, -0.2) is 9.55 Å². The third kappa shape index (κ3) is 1.46. The molecule has 0 aliphatic carbocycles. The highest BCUT2D eigenvalue weighted by Crippen LogP contribution is 1.99. The van der Waals surface area contributed by atoms with Gasteiger partial charge in [-0.25, -0.2) is 4.79 Å². The lowest BCUT2D eigenvalue weighted by atomic mass is 10.7. The number of rotatable bonds is 0. The minimum absolute atomic E-state index is 0.176. The molecule has 0 radical (unpaired) electrons. The maximum Gasteiger partial charge on any atom is 0.326 e. The van der Waals surface area contributed by atoms with Crippen molar-refractivity contribution in [3.05, 3.63) is 24.9 Å². The first-order valence-corrected chi connectivity index (χ1v) is 4.05. The molecule has 5 heteroatoms. The van der Waals surface area contributed by atoms with Crippen LogP contribution in [-0.2, 0) is 7.05 Å². The SMILES string of the molecule is Cn1cc(I)c(=S)[nH]c1=O. The Morgan fingerprint density at radius 3 is 2.90 bits per heavy atom. The Balaban J connectivity index is 3.59. The van der Waals surface area contributed by atoms with Crippen molar-refractivity contribution in [2.75, 3.05) is 0 Å². The van der Waals surface area contributed by atoms with Crippen LogP contribution in [0.1, 0.15) is 0 Å². The van der Waals surface area contributed by atoms with Crippen molar-refractivity contribution in [2.45, 2.75) is 0 Å². The first-order chi connectivity index (χ1) is 4.61. The van der Waals surface area contributed by atoms with Gasteiger partial charge < -0.3 is 4.57 Å². The summed E-state index contributed by atoms with van der Waals surface area (Å²) in [4.78, 5) is 13.4. The molecule has 0 saturated heterocycles. The molecule has 0 aliphatic rings. The van der Waals surface area contributed by atoms with E-state index in [4.69, 9.17) is 12.2 Å². The molecule has 0 bridgehead atoms. The Bertz CT molecular complexity index is 322. The van der Waals surface area contributed by atoms with Gasteiger partial charge in [0.05, 0.1) is 3.57 Å². The second-order valence-electron chi connectivity index (χ2n) is 1.85. The molecule has 1 aromatic rings. The molecule has 1 rings (SSSR count). The summed E-state index contributed by atoms with van der Waals surface area (Å²) in [6.07, 6.45) is 1.70. The maximum atomic E-state index is 10.8. The number of nitrogens with zero attached hydrogens (tertiary/aromatic N) is 1. The summed E-state index contributed by atoms with van der Waals surface area (Å²) < 4.78 is 2.84. The highest BCUT2D eigenvalue weighted by atomic mass is 127. The molecule has 0 spiro atoms. The van der Waals surface area contributed by atoms with Crippen LogP contribution in [0, 0.1) is 8.21 Å². The van der Waals surface area contributed by atoms with Crippen LogP contribution in [0.2, 0.25) is 0 Å². The van der Waals surface area contributed by atoms with Crippen molar-refractivity contribution in [1.29, 1.82) is 0 Å². The summed E-state index contributed by atoms with van der Waals surface area (Å²) in [5.41, 5.74) is -0.176. The highest BCUT2D eigenvalue weighted by molar-refractivity contribution is 14.1. The average molecular weight is 268 g/mol. The second-order valence-corrected chi connectivity index (χ2v) is 3.42. The molecule has 0 aromatic carbocycles. The molecule has 54 valence electrons.